The maximum absolute atomic E-state index is 13.2. The Hall–Kier alpha value is -3.59. The number of aromatic nitrogens is 3. The molecule has 0 saturated heterocycles. The summed E-state index contributed by atoms with van der Waals surface area (Å²) < 4.78 is 8.31. The Morgan fingerprint density at radius 1 is 1.05 bits per heavy atom. The minimum Gasteiger partial charge on any atom is -0.385 e. The molecule has 0 fully saturated rings. The number of aryl methyl sites for hydroxylation is 2. The van der Waals surface area contributed by atoms with E-state index in [0.717, 1.165) is 28.8 Å². The van der Waals surface area contributed by atoms with Gasteiger partial charge >= 0.3 is 6.03 Å². The minimum absolute atomic E-state index is 0.121. The highest BCUT2D eigenvalue weighted by atomic mass is 35.5. The molecule has 0 spiro atoms. The summed E-state index contributed by atoms with van der Waals surface area (Å²) in [6.45, 7) is 2.45. The smallest absolute Gasteiger partial charge is 0.324 e. The summed E-state index contributed by atoms with van der Waals surface area (Å²) in [5.41, 5.74) is 4.20. The second-order valence-corrected chi connectivity index (χ2v) is 9.35. The van der Waals surface area contributed by atoms with E-state index in [1.165, 1.54) is 10.6 Å². The largest absolute Gasteiger partial charge is 0.385 e. The van der Waals surface area contributed by atoms with E-state index < -0.39 is 6.03 Å². The SMILES string of the molecule is COCCCc1cc(Cl)c(Cl)cc1NC(=O)Nc1c(C)c(-c2ccc(=O)n(C)c2)nn1-c1ccccc1. The van der Waals surface area contributed by atoms with Gasteiger partial charge in [-0.1, -0.05) is 41.4 Å². The topological polar surface area (TPSA) is 90.2 Å². The Bertz CT molecular complexity index is 1480. The highest BCUT2D eigenvalue weighted by Crippen LogP contribution is 2.32. The molecule has 0 radical (unpaired) electrons. The van der Waals surface area contributed by atoms with Crippen LogP contribution in [-0.2, 0) is 18.2 Å². The number of carbonyl (C=O) groups excluding carboxylic acids is 1. The Balaban J connectivity index is 1.69. The molecule has 0 saturated carbocycles. The van der Waals surface area contributed by atoms with Crippen LogP contribution in [0.3, 0.4) is 0 Å². The number of hydrogen-bond acceptors (Lipinski definition) is 4. The van der Waals surface area contributed by atoms with E-state index in [2.05, 4.69) is 10.6 Å². The van der Waals surface area contributed by atoms with Gasteiger partial charge in [-0.3, -0.25) is 10.1 Å². The number of pyridine rings is 1. The van der Waals surface area contributed by atoms with Gasteiger partial charge in [-0.15, -0.1) is 0 Å². The molecule has 0 aliphatic rings. The summed E-state index contributed by atoms with van der Waals surface area (Å²) >= 11 is 12.5. The molecule has 37 heavy (non-hydrogen) atoms. The van der Waals surface area contributed by atoms with Crippen LogP contribution in [0.4, 0.5) is 16.3 Å². The van der Waals surface area contributed by atoms with Gasteiger partial charge in [0.1, 0.15) is 5.82 Å². The van der Waals surface area contributed by atoms with Crippen LogP contribution < -0.4 is 16.2 Å². The third kappa shape index (κ3) is 6.05. The van der Waals surface area contributed by atoms with Crippen molar-refractivity contribution >= 4 is 40.7 Å². The fraction of sp³-hybridized carbons (Fsp3) is 0.222. The van der Waals surface area contributed by atoms with Gasteiger partial charge in [0, 0.05) is 49.8 Å². The van der Waals surface area contributed by atoms with Crippen LogP contribution in [0, 0.1) is 6.92 Å². The predicted molar refractivity (Wildman–Crippen MR) is 148 cm³/mol. The van der Waals surface area contributed by atoms with E-state index in [1.807, 2.05) is 37.3 Å². The van der Waals surface area contributed by atoms with Crippen molar-refractivity contribution in [1.82, 2.24) is 14.3 Å². The summed E-state index contributed by atoms with van der Waals surface area (Å²) in [4.78, 5) is 25.1. The molecule has 2 amide bonds. The third-order valence-electron chi connectivity index (χ3n) is 5.90. The minimum atomic E-state index is -0.460. The van der Waals surface area contributed by atoms with Crippen LogP contribution in [0.5, 0.6) is 0 Å². The van der Waals surface area contributed by atoms with Crippen molar-refractivity contribution in [3.8, 4) is 16.9 Å². The lowest BCUT2D eigenvalue weighted by atomic mass is 10.1. The maximum atomic E-state index is 13.2. The molecule has 10 heteroatoms. The first-order valence-corrected chi connectivity index (χ1v) is 12.4. The zero-order valence-electron chi connectivity index (χ0n) is 20.7. The third-order valence-corrected chi connectivity index (χ3v) is 6.63. The number of amides is 2. The first kappa shape index (κ1) is 26.5. The molecule has 4 rings (SSSR count). The lowest BCUT2D eigenvalue weighted by molar-refractivity contribution is 0.195. The number of benzene rings is 2. The molecule has 0 bridgehead atoms. The number of para-hydroxylation sites is 1. The van der Waals surface area contributed by atoms with Gasteiger partial charge in [0.15, 0.2) is 0 Å². The first-order chi connectivity index (χ1) is 17.8. The van der Waals surface area contributed by atoms with Gasteiger partial charge in [-0.05, 0) is 55.7 Å². The van der Waals surface area contributed by atoms with Crippen molar-refractivity contribution in [3.63, 3.8) is 0 Å². The van der Waals surface area contributed by atoms with Crippen LogP contribution in [0.1, 0.15) is 17.5 Å². The second kappa shape index (κ2) is 11.6. The van der Waals surface area contributed by atoms with Gasteiger partial charge in [0.2, 0.25) is 5.56 Å². The zero-order chi connectivity index (χ0) is 26.5. The highest BCUT2D eigenvalue weighted by molar-refractivity contribution is 6.42. The number of nitrogens with zero attached hydrogens (tertiary/aromatic N) is 3. The fourth-order valence-electron chi connectivity index (χ4n) is 3.99. The lowest BCUT2D eigenvalue weighted by Crippen LogP contribution is -2.22. The van der Waals surface area contributed by atoms with Crippen molar-refractivity contribution in [2.24, 2.45) is 7.05 Å². The molecule has 2 aromatic heterocycles. The Morgan fingerprint density at radius 2 is 1.78 bits per heavy atom. The molecule has 0 aliphatic carbocycles. The number of halogens is 2. The zero-order valence-corrected chi connectivity index (χ0v) is 22.2. The quantitative estimate of drug-likeness (QED) is 0.265. The van der Waals surface area contributed by atoms with Gasteiger partial charge in [0.25, 0.3) is 0 Å². The standard InChI is InChI=1S/C27H27Cl2N5O3/c1-17-25(19-11-12-24(35)33(2)16-19)32-34(20-9-5-4-6-10-20)26(17)31-27(36)30-23-15-22(29)21(28)14-18(23)8-7-13-37-3/h4-6,9-12,14-16H,7-8,13H2,1-3H3,(H2,30,31,36). The van der Waals surface area contributed by atoms with E-state index in [9.17, 15) is 9.59 Å². The van der Waals surface area contributed by atoms with Crippen molar-refractivity contribution in [2.45, 2.75) is 19.8 Å². The van der Waals surface area contributed by atoms with Crippen LogP contribution >= 0.6 is 23.2 Å². The number of nitrogens with one attached hydrogen (secondary N) is 2. The first-order valence-electron chi connectivity index (χ1n) is 11.7. The van der Waals surface area contributed by atoms with Crippen LogP contribution in [-0.4, -0.2) is 34.1 Å². The normalized spacial score (nSPS) is 10.9. The predicted octanol–water partition coefficient (Wildman–Crippen LogP) is 6.08. The monoisotopic (exact) mass is 539 g/mol. The number of hydrogen-bond donors (Lipinski definition) is 2. The van der Waals surface area contributed by atoms with Gasteiger partial charge in [-0.2, -0.15) is 5.10 Å². The van der Waals surface area contributed by atoms with Gasteiger partial charge in [0.05, 0.1) is 21.4 Å². The molecule has 8 nitrogen and oxygen atoms in total. The molecule has 0 unspecified atom stereocenters. The van der Waals surface area contributed by atoms with Crippen LogP contribution in [0.15, 0.2) is 65.6 Å². The molecule has 0 atom stereocenters. The van der Waals surface area contributed by atoms with Gasteiger partial charge in [-0.25, -0.2) is 9.48 Å². The second-order valence-electron chi connectivity index (χ2n) is 8.54. The summed E-state index contributed by atoms with van der Waals surface area (Å²) in [6, 6.07) is 15.6. The molecule has 4 aromatic rings. The van der Waals surface area contributed by atoms with E-state index >= 15 is 0 Å². The van der Waals surface area contributed by atoms with Crippen molar-refractivity contribution in [2.75, 3.05) is 24.4 Å². The summed E-state index contributed by atoms with van der Waals surface area (Å²) in [7, 11) is 3.33. The summed E-state index contributed by atoms with van der Waals surface area (Å²) in [5.74, 6) is 0.494. The van der Waals surface area contributed by atoms with Gasteiger partial charge < -0.3 is 14.6 Å². The number of rotatable bonds is 8. The average molecular weight is 540 g/mol. The van der Waals surface area contributed by atoms with Crippen LogP contribution in [0.2, 0.25) is 10.0 Å². The van der Waals surface area contributed by atoms with E-state index in [1.54, 1.807) is 43.2 Å². The molecule has 0 aliphatic heterocycles. The molecule has 2 aromatic carbocycles. The summed E-state index contributed by atoms with van der Waals surface area (Å²) in [5, 5.41) is 11.4. The molecule has 2 heterocycles. The number of ether oxygens (including phenoxy) is 1. The molecular formula is C27H27Cl2N5O3. The number of carbonyl (C=O) groups is 1. The van der Waals surface area contributed by atoms with E-state index in [-0.39, 0.29) is 5.56 Å². The highest BCUT2D eigenvalue weighted by Gasteiger charge is 2.20. The number of urea groups is 1. The number of anilines is 2. The maximum Gasteiger partial charge on any atom is 0.324 e. The Kier molecular flexibility index (Phi) is 8.33. The van der Waals surface area contributed by atoms with Crippen molar-refractivity contribution in [1.29, 1.82) is 0 Å². The van der Waals surface area contributed by atoms with E-state index in [4.69, 9.17) is 33.0 Å². The molecular weight excluding hydrogens is 513 g/mol. The van der Waals surface area contributed by atoms with Crippen molar-refractivity contribution in [3.05, 3.63) is 92.3 Å². The Labute approximate surface area is 224 Å². The number of methoxy groups -OCH3 is 1. The van der Waals surface area contributed by atoms with Crippen molar-refractivity contribution < 1.29 is 9.53 Å². The molecule has 2 N–H and O–H groups in total. The Morgan fingerprint density at radius 3 is 2.49 bits per heavy atom. The van der Waals surface area contributed by atoms with E-state index in [0.29, 0.717) is 40.3 Å². The van der Waals surface area contributed by atoms with Crippen LogP contribution in [0.25, 0.3) is 16.9 Å². The molecule has 192 valence electrons. The lowest BCUT2D eigenvalue weighted by Gasteiger charge is -2.15. The summed E-state index contributed by atoms with van der Waals surface area (Å²) in [6.07, 6.45) is 3.13. The average Bonchev–Trinajstić information content (AvgIpc) is 3.20. The fourth-order valence-corrected chi connectivity index (χ4v) is 4.34.